The highest BCUT2D eigenvalue weighted by Crippen LogP contribution is 2.34. The first-order valence-corrected chi connectivity index (χ1v) is 8.68. The highest BCUT2D eigenvalue weighted by Gasteiger charge is 2.22. The Morgan fingerprint density at radius 1 is 1.10 bits per heavy atom. The van der Waals surface area contributed by atoms with Gasteiger partial charge in [-0.3, -0.25) is 4.72 Å². The van der Waals surface area contributed by atoms with Crippen molar-refractivity contribution in [1.82, 2.24) is 0 Å². The molecule has 112 valence electrons. The van der Waals surface area contributed by atoms with E-state index in [1.54, 1.807) is 24.3 Å². The lowest BCUT2D eigenvalue weighted by Gasteiger charge is -2.12. The largest absolute Gasteiger partial charge is 0.497 e. The van der Waals surface area contributed by atoms with Gasteiger partial charge < -0.3 is 4.74 Å². The van der Waals surface area contributed by atoms with E-state index in [1.165, 1.54) is 19.2 Å². The summed E-state index contributed by atoms with van der Waals surface area (Å²) in [7, 11) is -2.36. The van der Waals surface area contributed by atoms with E-state index < -0.39 is 10.0 Å². The normalized spacial score (nSPS) is 11.2. The fourth-order valence-electron chi connectivity index (χ4n) is 1.65. The standard InChI is InChI=1S/C13H10BrCl2NO3S/c1-20-10-4-2-9(3-5-10)17-21(18,19)13-11(15)6-8(14)7-12(13)16/h2-7,17H,1H3. The van der Waals surface area contributed by atoms with E-state index >= 15 is 0 Å². The van der Waals surface area contributed by atoms with E-state index in [0.29, 0.717) is 15.9 Å². The molecule has 0 atom stereocenters. The second-order valence-corrected chi connectivity index (χ2v) is 7.38. The first-order valence-electron chi connectivity index (χ1n) is 5.65. The molecule has 0 saturated carbocycles. The van der Waals surface area contributed by atoms with Gasteiger partial charge in [-0.2, -0.15) is 0 Å². The zero-order valence-electron chi connectivity index (χ0n) is 10.7. The molecule has 0 unspecified atom stereocenters. The van der Waals surface area contributed by atoms with Gasteiger partial charge in [0.05, 0.1) is 17.2 Å². The number of anilines is 1. The molecule has 0 aliphatic carbocycles. The summed E-state index contributed by atoms with van der Waals surface area (Å²) in [6, 6.07) is 9.38. The van der Waals surface area contributed by atoms with Crippen molar-refractivity contribution in [3.8, 4) is 5.75 Å². The number of methoxy groups -OCH3 is 1. The average molecular weight is 411 g/mol. The number of nitrogens with one attached hydrogen (secondary N) is 1. The number of ether oxygens (including phenoxy) is 1. The quantitative estimate of drug-likeness (QED) is 0.803. The maximum atomic E-state index is 12.4. The van der Waals surface area contributed by atoms with Crippen LogP contribution >= 0.6 is 39.1 Å². The van der Waals surface area contributed by atoms with Crippen LogP contribution < -0.4 is 9.46 Å². The third kappa shape index (κ3) is 3.83. The van der Waals surface area contributed by atoms with Crippen LogP contribution in [0.3, 0.4) is 0 Å². The molecule has 1 N–H and O–H groups in total. The summed E-state index contributed by atoms with van der Waals surface area (Å²) < 4.78 is 32.8. The van der Waals surface area contributed by atoms with Crippen molar-refractivity contribution in [1.29, 1.82) is 0 Å². The minimum absolute atomic E-state index is 0.0374. The van der Waals surface area contributed by atoms with Crippen molar-refractivity contribution >= 4 is 54.8 Å². The molecule has 4 nitrogen and oxygen atoms in total. The molecule has 21 heavy (non-hydrogen) atoms. The van der Waals surface area contributed by atoms with Gasteiger partial charge >= 0.3 is 0 Å². The van der Waals surface area contributed by atoms with Crippen LogP contribution in [0.25, 0.3) is 0 Å². The minimum Gasteiger partial charge on any atom is -0.497 e. The lowest BCUT2D eigenvalue weighted by molar-refractivity contribution is 0.415. The summed E-state index contributed by atoms with van der Waals surface area (Å²) in [6.45, 7) is 0. The van der Waals surface area contributed by atoms with Crippen LogP contribution in [0.2, 0.25) is 10.0 Å². The van der Waals surface area contributed by atoms with Gasteiger partial charge in [0.15, 0.2) is 0 Å². The number of benzene rings is 2. The van der Waals surface area contributed by atoms with E-state index in [1.807, 2.05) is 0 Å². The molecular formula is C13H10BrCl2NO3S. The summed E-state index contributed by atoms with van der Waals surface area (Å²) >= 11 is 15.2. The Morgan fingerprint density at radius 2 is 1.62 bits per heavy atom. The number of hydrogen-bond donors (Lipinski definition) is 1. The molecular weight excluding hydrogens is 401 g/mol. The Hall–Kier alpha value is -0.950. The molecule has 0 bridgehead atoms. The fourth-order valence-corrected chi connectivity index (χ4v) is 4.65. The molecule has 2 aromatic rings. The summed E-state index contributed by atoms with van der Waals surface area (Å²) in [5, 5.41) is 0.0748. The third-order valence-corrected chi connectivity index (χ3v) is 5.33. The third-order valence-electron chi connectivity index (χ3n) is 2.57. The topological polar surface area (TPSA) is 55.4 Å². The van der Waals surface area contributed by atoms with Gasteiger partial charge in [-0.1, -0.05) is 39.1 Å². The summed E-state index contributed by atoms with van der Waals surface area (Å²) in [5.41, 5.74) is 0.380. The van der Waals surface area contributed by atoms with E-state index in [9.17, 15) is 8.42 Å². The number of rotatable bonds is 4. The van der Waals surface area contributed by atoms with Crippen LogP contribution in [0.1, 0.15) is 0 Å². The molecule has 2 rings (SSSR count). The molecule has 0 amide bonds. The molecule has 0 aliphatic rings. The van der Waals surface area contributed by atoms with Crippen molar-refractivity contribution < 1.29 is 13.2 Å². The second-order valence-electron chi connectivity index (χ2n) is 4.03. The first-order chi connectivity index (χ1) is 9.83. The highest BCUT2D eigenvalue weighted by atomic mass is 79.9. The minimum atomic E-state index is -3.89. The number of sulfonamides is 1. The average Bonchev–Trinajstić information content (AvgIpc) is 2.37. The van der Waals surface area contributed by atoms with Crippen molar-refractivity contribution in [2.45, 2.75) is 4.90 Å². The Morgan fingerprint density at radius 3 is 2.10 bits per heavy atom. The molecule has 0 radical (unpaired) electrons. The van der Waals surface area contributed by atoms with Gasteiger partial charge in [-0.15, -0.1) is 0 Å². The zero-order valence-corrected chi connectivity index (χ0v) is 14.6. The van der Waals surface area contributed by atoms with Gasteiger partial charge in [0.25, 0.3) is 10.0 Å². The van der Waals surface area contributed by atoms with Crippen LogP contribution in [-0.4, -0.2) is 15.5 Å². The molecule has 0 spiro atoms. The lowest BCUT2D eigenvalue weighted by Crippen LogP contribution is -2.14. The zero-order chi connectivity index (χ0) is 15.6. The Balaban J connectivity index is 2.38. The van der Waals surface area contributed by atoms with Crippen LogP contribution in [0.4, 0.5) is 5.69 Å². The Kier molecular flexibility index (Phi) is 5.03. The van der Waals surface area contributed by atoms with Crippen molar-refractivity contribution in [3.05, 3.63) is 50.9 Å². The predicted molar refractivity (Wildman–Crippen MR) is 88.0 cm³/mol. The van der Waals surface area contributed by atoms with E-state index in [2.05, 4.69) is 20.7 Å². The van der Waals surface area contributed by atoms with Gasteiger partial charge in [-0.05, 0) is 36.4 Å². The van der Waals surface area contributed by atoms with E-state index in [4.69, 9.17) is 27.9 Å². The van der Waals surface area contributed by atoms with Crippen molar-refractivity contribution in [2.24, 2.45) is 0 Å². The lowest BCUT2D eigenvalue weighted by atomic mass is 10.3. The molecule has 0 aliphatic heterocycles. The van der Waals surface area contributed by atoms with Crippen LogP contribution in [0.15, 0.2) is 45.8 Å². The molecule has 0 saturated heterocycles. The maximum Gasteiger partial charge on any atom is 0.264 e. The van der Waals surface area contributed by atoms with Crippen LogP contribution in [0, 0.1) is 0 Å². The highest BCUT2D eigenvalue weighted by molar-refractivity contribution is 9.10. The second kappa shape index (κ2) is 6.44. The van der Waals surface area contributed by atoms with Gasteiger partial charge in [-0.25, -0.2) is 8.42 Å². The first kappa shape index (κ1) is 16.4. The van der Waals surface area contributed by atoms with Gasteiger partial charge in [0.2, 0.25) is 0 Å². The molecule has 8 heteroatoms. The molecule has 0 aromatic heterocycles. The monoisotopic (exact) mass is 409 g/mol. The van der Waals surface area contributed by atoms with Crippen LogP contribution in [0.5, 0.6) is 5.75 Å². The Labute approximate surface area is 141 Å². The molecule has 0 heterocycles. The molecule has 2 aromatic carbocycles. The Bertz CT molecular complexity index is 740. The van der Waals surface area contributed by atoms with Crippen LogP contribution in [-0.2, 0) is 10.0 Å². The van der Waals surface area contributed by atoms with E-state index in [0.717, 1.165) is 0 Å². The van der Waals surface area contributed by atoms with Gasteiger partial charge in [0, 0.05) is 10.2 Å². The van der Waals surface area contributed by atoms with Crippen molar-refractivity contribution in [2.75, 3.05) is 11.8 Å². The summed E-state index contributed by atoms with van der Waals surface area (Å²) in [6.07, 6.45) is 0. The number of hydrogen-bond acceptors (Lipinski definition) is 3. The predicted octanol–water partition coefficient (Wildman–Crippen LogP) is 4.57. The smallest absolute Gasteiger partial charge is 0.264 e. The number of halogens is 3. The van der Waals surface area contributed by atoms with Crippen molar-refractivity contribution in [3.63, 3.8) is 0 Å². The maximum absolute atomic E-state index is 12.4. The van der Waals surface area contributed by atoms with Gasteiger partial charge in [0.1, 0.15) is 10.6 Å². The summed E-state index contributed by atoms with van der Waals surface area (Å²) in [4.78, 5) is -0.162. The van der Waals surface area contributed by atoms with E-state index in [-0.39, 0.29) is 14.9 Å². The fraction of sp³-hybridized carbons (Fsp3) is 0.0769. The SMILES string of the molecule is COc1ccc(NS(=O)(=O)c2c(Cl)cc(Br)cc2Cl)cc1. The molecule has 0 fully saturated rings. The summed E-state index contributed by atoms with van der Waals surface area (Å²) in [5.74, 6) is 0.623.